The number of halogens is 1. The molecule has 1 aliphatic rings. The van der Waals surface area contributed by atoms with Gasteiger partial charge in [0.25, 0.3) is 17.5 Å². The second kappa shape index (κ2) is 10.7. The van der Waals surface area contributed by atoms with E-state index in [4.69, 9.17) is 21.1 Å². The van der Waals surface area contributed by atoms with Crippen LogP contribution in [0.5, 0.6) is 11.5 Å². The first-order valence-corrected chi connectivity index (χ1v) is 13.1. The number of carbonyl (C=O) groups excluding carboxylic acids is 2. The van der Waals surface area contributed by atoms with E-state index in [-0.39, 0.29) is 31.5 Å². The fourth-order valence-corrected chi connectivity index (χ4v) is 5.18. The lowest BCUT2D eigenvalue weighted by Gasteiger charge is -2.29. The molecular weight excluding hydrogens is 602 g/mol. The molecule has 0 saturated carbocycles. The van der Waals surface area contributed by atoms with E-state index in [0.29, 0.717) is 17.0 Å². The lowest BCUT2D eigenvalue weighted by atomic mass is 10.1. The average molecular weight is 618 g/mol. The van der Waals surface area contributed by atoms with Gasteiger partial charge in [-0.05, 0) is 88.3 Å². The summed E-state index contributed by atoms with van der Waals surface area (Å²) in [5, 5.41) is 13.2. The van der Waals surface area contributed by atoms with Gasteiger partial charge in [-0.2, -0.15) is 8.42 Å². The Labute approximate surface area is 230 Å². The topological polar surface area (TPSA) is 145 Å². The highest BCUT2D eigenvalue weighted by Gasteiger charge is 2.34. The zero-order valence-corrected chi connectivity index (χ0v) is 22.5. The molecule has 14 heteroatoms. The summed E-state index contributed by atoms with van der Waals surface area (Å²) in [5.41, 5.74) is 0.342. The summed E-state index contributed by atoms with van der Waals surface area (Å²) >= 11 is 8.42. The second-order valence-electron chi connectivity index (χ2n) is 7.63. The standard InChI is InChI=1S/C24H16BrN3O8S2/c1-35-17-7-3-15(4-8-17)27-23(30)19(22(29)26-24(27)37)12-14-2-11-21(20(25)13-14)36-38(33,34)18-9-5-16(6-10-18)28(31)32/h2-13H,1H3,(H,26,29,37)/b19-12-. The van der Waals surface area contributed by atoms with Crippen molar-refractivity contribution in [3.8, 4) is 11.5 Å². The number of anilines is 1. The number of nitro benzene ring substituents is 1. The van der Waals surface area contributed by atoms with Gasteiger partial charge >= 0.3 is 10.1 Å². The van der Waals surface area contributed by atoms with Gasteiger partial charge in [-0.3, -0.25) is 29.9 Å². The molecule has 0 aliphatic carbocycles. The van der Waals surface area contributed by atoms with Crippen LogP contribution >= 0.6 is 28.1 Å². The maximum Gasteiger partial charge on any atom is 0.339 e. The van der Waals surface area contributed by atoms with Crippen LogP contribution < -0.4 is 19.1 Å². The molecule has 3 aromatic carbocycles. The predicted octanol–water partition coefficient (Wildman–Crippen LogP) is 3.96. The molecule has 1 aliphatic heterocycles. The minimum Gasteiger partial charge on any atom is -0.497 e. The van der Waals surface area contributed by atoms with Crippen LogP contribution in [-0.4, -0.2) is 37.4 Å². The van der Waals surface area contributed by atoms with E-state index >= 15 is 0 Å². The Kier molecular flexibility index (Phi) is 7.57. The first kappa shape index (κ1) is 26.9. The molecule has 1 fully saturated rings. The highest BCUT2D eigenvalue weighted by atomic mass is 79.9. The molecule has 0 spiro atoms. The van der Waals surface area contributed by atoms with Crippen LogP contribution in [0.2, 0.25) is 0 Å². The van der Waals surface area contributed by atoms with Gasteiger partial charge < -0.3 is 8.92 Å². The lowest BCUT2D eigenvalue weighted by molar-refractivity contribution is -0.384. The number of non-ortho nitro benzene ring substituents is 1. The molecule has 1 heterocycles. The molecule has 1 N–H and O–H groups in total. The Morgan fingerprint density at radius 1 is 1.05 bits per heavy atom. The van der Waals surface area contributed by atoms with Crippen molar-refractivity contribution in [2.24, 2.45) is 0 Å². The predicted molar refractivity (Wildman–Crippen MR) is 144 cm³/mol. The smallest absolute Gasteiger partial charge is 0.339 e. The Bertz CT molecular complexity index is 1600. The number of nitrogens with zero attached hydrogens (tertiary/aromatic N) is 2. The fourth-order valence-electron chi connectivity index (χ4n) is 3.37. The zero-order valence-electron chi connectivity index (χ0n) is 19.3. The van der Waals surface area contributed by atoms with E-state index < -0.39 is 26.9 Å². The third kappa shape index (κ3) is 5.56. The molecule has 0 aromatic heterocycles. The third-order valence-corrected chi connectivity index (χ3v) is 7.39. The van der Waals surface area contributed by atoms with Gasteiger partial charge in [-0.1, -0.05) is 6.07 Å². The molecule has 0 radical (unpaired) electrons. The van der Waals surface area contributed by atoms with E-state index in [1.165, 1.54) is 36.3 Å². The van der Waals surface area contributed by atoms with Crippen molar-refractivity contribution in [1.29, 1.82) is 0 Å². The molecule has 3 aromatic rings. The Balaban J connectivity index is 1.59. The molecular formula is C24H16BrN3O8S2. The molecule has 194 valence electrons. The number of amides is 2. The van der Waals surface area contributed by atoms with Gasteiger partial charge in [0.15, 0.2) is 10.9 Å². The van der Waals surface area contributed by atoms with Crippen LogP contribution in [0.15, 0.2) is 81.7 Å². The minimum absolute atomic E-state index is 0.0778. The van der Waals surface area contributed by atoms with Crippen LogP contribution in [0, 0.1) is 10.1 Å². The van der Waals surface area contributed by atoms with Crippen molar-refractivity contribution in [2.45, 2.75) is 4.90 Å². The van der Waals surface area contributed by atoms with Crippen LogP contribution in [0.1, 0.15) is 5.56 Å². The van der Waals surface area contributed by atoms with Crippen molar-refractivity contribution in [3.05, 3.63) is 92.5 Å². The summed E-state index contributed by atoms with van der Waals surface area (Å²) in [5.74, 6) is -0.847. The van der Waals surface area contributed by atoms with Crippen molar-refractivity contribution in [3.63, 3.8) is 0 Å². The molecule has 0 unspecified atom stereocenters. The van der Waals surface area contributed by atoms with Crippen LogP contribution in [0.25, 0.3) is 6.08 Å². The second-order valence-corrected chi connectivity index (χ2v) is 10.4. The van der Waals surface area contributed by atoms with Crippen LogP contribution in [-0.2, 0) is 19.7 Å². The van der Waals surface area contributed by atoms with Crippen LogP contribution in [0.3, 0.4) is 0 Å². The van der Waals surface area contributed by atoms with Crippen molar-refractivity contribution >= 4 is 72.6 Å². The van der Waals surface area contributed by atoms with Crippen molar-refractivity contribution in [1.82, 2.24) is 5.32 Å². The average Bonchev–Trinajstić information content (AvgIpc) is 2.88. The van der Waals surface area contributed by atoms with Crippen LogP contribution in [0.4, 0.5) is 11.4 Å². The van der Waals surface area contributed by atoms with Gasteiger partial charge in [-0.25, -0.2) is 0 Å². The lowest BCUT2D eigenvalue weighted by Crippen LogP contribution is -2.54. The number of thiocarbonyl (C=S) groups is 1. The first-order chi connectivity index (χ1) is 18.0. The minimum atomic E-state index is -4.30. The monoisotopic (exact) mass is 617 g/mol. The first-order valence-electron chi connectivity index (χ1n) is 10.5. The number of carbonyl (C=O) groups is 2. The summed E-state index contributed by atoms with van der Waals surface area (Å²) in [4.78, 5) is 36.8. The molecule has 4 rings (SSSR count). The summed E-state index contributed by atoms with van der Waals surface area (Å²) in [6.07, 6.45) is 1.33. The number of benzene rings is 3. The van der Waals surface area contributed by atoms with Gasteiger partial charge in [0.2, 0.25) is 0 Å². The third-order valence-electron chi connectivity index (χ3n) is 5.23. The Morgan fingerprint density at radius 3 is 2.29 bits per heavy atom. The largest absolute Gasteiger partial charge is 0.497 e. The van der Waals surface area contributed by atoms with Crippen molar-refractivity contribution < 1.29 is 31.9 Å². The summed E-state index contributed by atoms with van der Waals surface area (Å²) in [6, 6.07) is 15.0. The molecule has 2 amide bonds. The van der Waals surface area contributed by atoms with Crippen molar-refractivity contribution in [2.75, 3.05) is 12.0 Å². The van der Waals surface area contributed by atoms with Gasteiger partial charge in [0, 0.05) is 12.1 Å². The Morgan fingerprint density at radius 2 is 1.71 bits per heavy atom. The fraction of sp³-hybridized carbons (Fsp3) is 0.0417. The normalized spacial score (nSPS) is 14.8. The molecule has 38 heavy (non-hydrogen) atoms. The molecule has 1 saturated heterocycles. The quantitative estimate of drug-likeness (QED) is 0.104. The van der Waals surface area contributed by atoms with Gasteiger partial charge in [-0.15, -0.1) is 0 Å². The summed E-state index contributed by atoms with van der Waals surface area (Å²) in [7, 11) is -2.79. The van der Waals surface area contributed by atoms with Gasteiger partial charge in [0.05, 0.1) is 22.2 Å². The summed E-state index contributed by atoms with van der Waals surface area (Å²) < 4.78 is 35.7. The van der Waals surface area contributed by atoms with E-state index in [1.54, 1.807) is 24.3 Å². The summed E-state index contributed by atoms with van der Waals surface area (Å²) in [6.45, 7) is 0. The number of ether oxygens (including phenoxy) is 1. The number of nitrogens with one attached hydrogen (secondary N) is 1. The Hall–Kier alpha value is -4.14. The maximum atomic E-state index is 13.2. The van der Waals surface area contributed by atoms with Gasteiger partial charge in [0.1, 0.15) is 16.2 Å². The maximum absolute atomic E-state index is 13.2. The van der Waals surface area contributed by atoms with E-state index in [0.717, 1.165) is 24.3 Å². The van der Waals surface area contributed by atoms with E-state index in [9.17, 15) is 28.1 Å². The number of hydrogen-bond acceptors (Lipinski definition) is 9. The van der Waals surface area contributed by atoms with E-state index in [1.807, 2.05) is 0 Å². The zero-order chi connectivity index (χ0) is 27.6. The highest BCUT2D eigenvalue weighted by Crippen LogP contribution is 2.31. The molecule has 0 atom stereocenters. The van der Waals surface area contributed by atoms with E-state index in [2.05, 4.69) is 21.2 Å². The highest BCUT2D eigenvalue weighted by molar-refractivity contribution is 9.10. The SMILES string of the molecule is COc1ccc(N2C(=O)/C(=C\c3ccc(OS(=O)(=O)c4ccc([N+](=O)[O-])cc4)c(Br)c3)C(=O)NC2=S)cc1. The number of hydrogen-bond donors (Lipinski definition) is 1. The number of nitro groups is 1. The number of methoxy groups -OCH3 is 1. The molecule has 0 bridgehead atoms. The molecule has 11 nitrogen and oxygen atoms in total. The number of rotatable bonds is 7.